The Hall–Kier alpha value is -1.68. The Kier molecular flexibility index (Phi) is 3.01. The molecular formula is C12H13N3S. The van der Waals surface area contributed by atoms with Gasteiger partial charge in [-0.3, -0.25) is 0 Å². The molecule has 0 saturated heterocycles. The maximum atomic E-state index is 5.75. The van der Waals surface area contributed by atoms with Crippen molar-refractivity contribution < 1.29 is 0 Å². The molecule has 0 fully saturated rings. The number of aromatic nitrogens is 1. The fourth-order valence-corrected chi connectivity index (χ4v) is 2.15. The molecule has 2 rings (SSSR count). The Balaban J connectivity index is 2.48. The first kappa shape index (κ1) is 10.8. The van der Waals surface area contributed by atoms with Crippen LogP contribution < -0.4 is 5.73 Å². The third-order valence-corrected chi connectivity index (χ3v) is 3.03. The molecule has 0 aliphatic rings. The summed E-state index contributed by atoms with van der Waals surface area (Å²) in [6.45, 7) is 5.68. The SMILES string of the molecule is C=CCC(N)=Nc1nsc2ccc(C)cc12. The highest BCUT2D eigenvalue weighted by Gasteiger charge is 2.05. The van der Waals surface area contributed by atoms with Gasteiger partial charge in [-0.1, -0.05) is 17.7 Å². The molecule has 1 aromatic carbocycles. The largest absolute Gasteiger partial charge is 0.387 e. The molecule has 82 valence electrons. The summed E-state index contributed by atoms with van der Waals surface area (Å²) in [6, 6.07) is 6.21. The molecule has 2 N–H and O–H groups in total. The van der Waals surface area contributed by atoms with Gasteiger partial charge in [0, 0.05) is 11.8 Å². The lowest BCUT2D eigenvalue weighted by atomic mass is 10.2. The van der Waals surface area contributed by atoms with Crippen LogP contribution in [-0.2, 0) is 0 Å². The molecule has 0 spiro atoms. The molecule has 3 nitrogen and oxygen atoms in total. The van der Waals surface area contributed by atoms with Crippen molar-refractivity contribution in [1.82, 2.24) is 4.37 Å². The van der Waals surface area contributed by atoms with E-state index >= 15 is 0 Å². The molecule has 0 saturated carbocycles. The molecule has 1 heterocycles. The van der Waals surface area contributed by atoms with Crippen molar-refractivity contribution in [3.63, 3.8) is 0 Å². The van der Waals surface area contributed by atoms with Crippen molar-refractivity contribution in [2.45, 2.75) is 13.3 Å². The van der Waals surface area contributed by atoms with Crippen molar-refractivity contribution in [3.8, 4) is 0 Å². The van der Waals surface area contributed by atoms with Crippen LogP contribution in [0.15, 0.2) is 35.8 Å². The first-order valence-electron chi connectivity index (χ1n) is 5.00. The number of rotatable bonds is 3. The van der Waals surface area contributed by atoms with Gasteiger partial charge in [-0.15, -0.1) is 6.58 Å². The molecule has 0 aliphatic carbocycles. The maximum absolute atomic E-state index is 5.75. The Bertz CT molecular complexity index is 554. The number of nitrogens with two attached hydrogens (primary N) is 1. The molecule has 0 aliphatic heterocycles. The zero-order chi connectivity index (χ0) is 11.5. The van der Waals surface area contributed by atoms with Crippen molar-refractivity contribution in [2.24, 2.45) is 10.7 Å². The van der Waals surface area contributed by atoms with E-state index in [0.717, 1.165) is 10.1 Å². The van der Waals surface area contributed by atoms with Gasteiger partial charge in [-0.05, 0) is 30.6 Å². The zero-order valence-electron chi connectivity index (χ0n) is 9.10. The molecule has 0 radical (unpaired) electrons. The highest BCUT2D eigenvalue weighted by molar-refractivity contribution is 7.13. The highest BCUT2D eigenvalue weighted by Crippen LogP contribution is 2.29. The van der Waals surface area contributed by atoms with Gasteiger partial charge in [0.05, 0.1) is 4.70 Å². The number of amidine groups is 1. The normalized spacial score (nSPS) is 11.9. The second-order valence-electron chi connectivity index (χ2n) is 3.60. The average molecular weight is 231 g/mol. The minimum atomic E-state index is 0.545. The monoisotopic (exact) mass is 231 g/mol. The maximum Gasteiger partial charge on any atom is 0.175 e. The molecule has 4 heteroatoms. The summed E-state index contributed by atoms with van der Waals surface area (Å²) in [7, 11) is 0. The second kappa shape index (κ2) is 4.45. The predicted molar refractivity (Wildman–Crippen MR) is 70.5 cm³/mol. The summed E-state index contributed by atoms with van der Waals surface area (Å²) >= 11 is 1.44. The lowest BCUT2D eigenvalue weighted by Crippen LogP contribution is -2.09. The van der Waals surface area contributed by atoms with Crippen LogP contribution in [0.5, 0.6) is 0 Å². The van der Waals surface area contributed by atoms with Gasteiger partial charge in [0.15, 0.2) is 5.82 Å². The highest BCUT2D eigenvalue weighted by atomic mass is 32.1. The number of benzene rings is 1. The van der Waals surface area contributed by atoms with Gasteiger partial charge >= 0.3 is 0 Å². The van der Waals surface area contributed by atoms with Crippen LogP contribution in [0.2, 0.25) is 0 Å². The lowest BCUT2D eigenvalue weighted by Gasteiger charge is -1.95. The molecule has 0 bridgehead atoms. The third kappa shape index (κ3) is 2.12. The van der Waals surface area contributed by atoms with E-state index in [-0.39, 0.29) is 0 Å². The summed E-state index contributed by atoms with van der Waals surface area (Å²) in [5.74, 6) is 1.26. The van der Waals surface area contributed by atoms with Crippen LogP contribution in [0.1, 0.15) is 12.0 Å². The first-order valence-corrected chi connectivity index (χ1v) is 5.78. The third-order valence-electron chi connectivity index (χ3n) is 2.21. The first-order chi connectivity index (χ1) is 7.70. The molecule has 0 atom stereocenters. The molecule has 1 aromatic heterocycles. The minimum Gasteiger partial charge on any atom is -0.387 e. The van der Waals surface area contributed by atoms with Crippen LogP contribution >= 0.6 is 11.5 Å². The van der Waals surface area contributed by atoms with Gasteiger partial charge in [0.1, 0.15) is 5.84 Å². The van der Waals surface area contributed by atoms with Crippen LogP contribution in [0.3, 0.4) is 0 Å². The number of aryl methyl sites for hydroxylation is 1. The van der Waals surface area contributed by atoms with Crippen molar-refractivity contribution in [3.05, 3.63) is 36.4 Å². The van der Waals surface area contributed by atoms with Gasteiger partial charge < -0.3 is 5.73 Å². The minimum absolute atomic E-state index is 0.545. The van der Waals surface area contributed by atoms with Gasteiger partial charge in [0.25, 0.3) is 0 Å². The van der Waals surface area contributed by atoms with Crippen molar-refractivity contribution in [2.75, 3.05) is 0 Å². The van der Waals surface area contributed by atoms with E-state index in [2.05, 4.69) is 41.1 Å². The molecule has 16 heavy (non-hydrogen) atoms. The van der Waals surface area contributed by atoms with Gasteiger partial charge in [-0.25, -0.2) is 4.99 Å². The van der Waals surface area contributed by atoms with Crippen LogP contribution in [0.4, 0.5) is 5.82 Å². The van der Waals surface area contributed by atoms with E-state index in [1.54, 1.807) is 6.08 Å². The summed E-state index contributed by atoms with van der Waals surface area (Å²) in [5.41, 5.74) is 6.95. The Morgan fingerprint density at radius 3 is 3.19 bits per heavy atom. The van der Waals surface area contributed by atoms with E-state index in [0.29, 0.717) is 18.1 Å². The Morgan fingerprint density at radius 1 is 1.62 bits per heavy atom. The Labute approximate surface area is 98.5 Å². The van der Waals surface area contributed by atoms with Crippen molar-refractivity contribution >= 4 is 33.3 Å². The van der Waals surface area contributed by atoms with Crippen LogP contribution in [-0.4, -0.2) is 10.2 Å². The van der Waals surface area contributed by atoms with Crippen LogP contribution in [0.25, 0.3) is 10.1 Å². The summed E-state index contributed by atoms with van der Waals surface area (Å²) in [4.78, 5) is 4.30. The lowest BCUT2D eigenvalue weighted by molar-refractivity contribution is 1.33. The van der Waals surface area contributed by atoms with Crippen LogP contribution in [0, 0.1) is 6.92 Å². The summed E-state index contributed by atoms with van der Waals surface area (Å²) in [5, 5.41) is 1.07. The number of hydrogen-bond acceptors (Lipinski definition) is 3. The number of nitrogens with zero attached hydrogens (tertiary/aromatic N) is 2. The van der Waals surface area contributed by atoms with Crippen molar-refractivity contribution in [1.29, 1.82) is 0 Å². The summed E-state index contributed by atoms with van der Waals surface area (Å²) in [6.07, 6.45) is 2.32. The number of aliphatic imine (C=N–C) groups is 1. The zero-order valence-corrected chi connectivity index (χ0v) is 9.92. The predicted octanol–water partition coefficient (Wildman–Crippen LogP) is 3.17. The Morgan fingerprint density at radius 2 is 2.44 bits per heavy atom. The molecular weight excluding hydrogens is 218 g/mol. The molecule has 2 aromatic rings. The topological polar surface area (TPSA) is 51.3 Å². The van der Waals surface area contributed by atoms with Gasteiger partial charge in [-0.2, -0.15) is 4.37 Å². The molecule has 0 unspecified atom stereocenters. The number of hydrogen-bond donors (Lipinski definition) is 1. The fourth-order valence-electron chi connectivity index (χ4n) is 1.45. The summed E-state index contributed by atoms with van der Waals surface area (Å²) < 4.78 is 5.43. The second-order valence-corrected chi connectivity index (χ2v) is 4.41. The smallest absolute Gasteiger partial charge is 0.175 e. The number of fused-ring (bicyclic) bond motifs is 1. The van der Waals surface area contributed by atoms with Gasteiger partial charge in [0.2, 0.25) is 0 Å². The average Bonchev–Trinajstić information content (AvgIpc) is 2.61. The standard InChI is InChI=1S/C12H13N3S/c1-3-4-11(13)14-12-9-7-8(2)5-6-10(9)16-15-12/h3,5-7H,1,4H2,2H3,(H2,13,14,15). The van der Waals surface area contributed by atoms with E-state index in [1.165, 1.54) is 17.1 Å². The van der Waals surface area contributed by atoms with E-state index in [9.17, 15) is 0 Å². The van der Waals surface area contributed by atoms with E-state index < -0.39 is 0 Å². The van der Waals surface area contributed by atoms with E-state index in [1.807, 2.05) is 0 Å². The molecule has 0 amide bonds. The quantitative estimate of drug-likeness (QED) is 0.501. The fraction of sp³-hybridized carbons (Fsp3) is 0.167. The van der Waals surface area contributed by atoms with E-state index in [4.69, 9.17) is 5.73 Å².